The molecule has 0 spiro atoms. The molecule has 16 nitrogen and oxygen atoms in total. The van der Waals surface area contributed by atoms with Crippen LogP contribution in [0.4, 0.5) is 14.0 Å². The highest BCUT2D eigenvalue weighted by atomic mass is 32.2. The SMILES string of the molecule is C=CC(=O)O[C@H](C)[C@H](NC(=O)OC(C)(C)C)C(=O)N1CC(OC(=O)N2Cc3cccc(F)c3C2)C[C@H]1C(=O)N[C@]1(C(=O)NS(=O)(=O)C2CC2)C[C@H]1C=C. The van der Waals surface area contributed by atoms with Crippen LogP contribution in [0.25, 0.3) is 0 Å². The number of likely N-dealkylation sites (tertiary alicyclic amines) is 1. The second-order valence-electron chi connectivity index (χ2n) is 14.6. The molecular formula is C35H44FN5O11S. The summed E-state index contributed by atoms with van der Waals surface area (Å²) < 4.78 is 58.1. The number of benzene rings is 1. The fraction of sp³-hybridized carbons (Fsp3) is 0.543. The summed E-state index contributed by atoms with van der Waals surface area (Å²) in [5.41, 5.74) is -1.76. The number of rotatable bonds is 12. The van der Waals surface area contributed by atoms with Crippen LogP contribution in [0, 0.1) is 11.7 Å². The Balaban J connectivity index is 1.41. The molecule has 3 N–H and O–H groups in total. The number of halogens is 1. The van der Waals surface area contributed by atoms with E-state index in [2.05, 4.69) is 28.5 Å². The summed E-state index contributed by atoms with van der Waals surface area (Å²) in [6.07, 6.45) is -1.54. The van der Waals surface area contributed by atoms with E-state index in [0.29, 0.717) is 24.0 Å². The number of fused-ring (bicyclic) bond motifs is 1. The molecule has 2 saturated carbocycles. The van der Waals surface area contributed by atoms with Gasteiger partial charge in [-0.1, -0.05) is 24.8 Å². The third-order valence-electron chi connectivity index (χ3n) is 9.43. The summed E-state index contributed by atoms with van der Waals surface area (Å²) in [7, 11) is -3.99. The van der Waals surface area contributed by atoms with Gasteiger partial charge in [0.15, 0.2) is 0 Å². The predicted molar refractivity (Wildman–Crippen MR) is 184 cm³/mol. The first kappa shape index (κ1) is 39.2. The lowest BCUT2D eigenvalue weighted by Crippen LogP contribution is -2.60. The average Bonchev–Trinajstić information content (AvgIpc) is 3.96. The highest BCUT2D eigenvalue weighted by Gasteiger charge is 2.62. The van der Waals surface area contributed by atoms with E-state index < -0.39 is 98.3 Å². The third kappa shape index (κ3) is 8.80. The first-order valence-corrected chi connectivity index (χ1v) is 18.7. The molecule has 288 valence electrons. The lowest BCUT2D eigenvalue weighted by atomic mass is 10.1. The van der Waals surface area contributed by atoms with E-state index in [1.165, 1.54) is 30.0 Å². The van der Waals surface area contributed by atoms with Gasteiger partial charge < -0.3 is 29.7 Å². The van der Waals surface area contributed by atoms with Crippen LogP contribution in [0.5, 0.6) is 0 Å². The van der Waals surface area contributed by atoms with E-state index in [0.717, 1.165) is 11.0 Å². The summed E-state index contributed by atoms with van der Waals surface area (Å²) in [6, 6.07) is 1.41. The molecule has 0 radical (unpaired) electrons. The van der Waals surface area contributed by atoms with Crippen LogP contribution in [0.15, 0.2) is 43.5 Å². The maximum atomic E-state index is 14.4. The first-order chi connectivity index (χ1) is 24.8. The topological polar surface area (TPSA) is 207 Å². The number of alkyl carbamates (subject to hydrolysis) is 1. The second kappa shape index (κ2) is 14.8. The molecule has 1 aromatic rings. The normalized spacial score (nSPS) is 24.5. The van der Waals surface area contributed by atoms with Crippen LogP contribution in [0.3, 0.4) is 0 Å². The van der Waals surface area contributed by atoms with E-state index in [-0.39, 0.29) is 32.5 Å². The summed E-state index contributed by atoms with van der Waals surface area (Å²) in [5, 5.41) is 4.30. The minimum absolute atomic E-state index is 0.0246. The van der Waals surface area contributed by atoms with Crippen molar-refractivity contribution in [2.45, 2.75) is 107 Å². The van der Waals surface area contributed by atoms with Crippen molar-refractivity contribution in [3.63, 3.8) is 0 Å². The molecule has 2 aliphatic carbocycles. The fourth-order valence-corrected chi connectivity index (χ4v) is 7.78. The lowest BCUT2D eigenvalue weighted by molar-refractivity contribution is -0.150. The van der Waals surface area contributed by atoms with Gasteiger partial charge in [-0.15, -0.1) is 6.58 Å². The molecular weight excluding hydrogens is 717 g/mol. The highest BCUT2D eigenvalue weighted by molar-refractivity contribution is 7.91. The summed E-state index contributed by atoms with van der Waals surface area (Å²) in [6.45, 7) is 12.7. The summed E-state index contributed by atoms with van der Waals surface area (Å²) in [4.78, 5) is 82.5. The molecule has 2 heterocycles. The van der Waals surface area contributed by atoms with Crippen molar-refractivity contribution >= 4 is 45.9 Å². The van der Waals surface area contributed by atoms with Crippen LogP contribution >= 0.6 is 0 Å². The van der Waals surface area contributed by atoms with Crippen LogP contribution in [0.2, 0.25) is 0 Å². The Labute approximate surface area is 306 Å². The standard InChI is InChI=1S/C35H44FN5O11S/c1-7-21-15-35(21,31(45)39-53(48,49)23-12-13-23)38-29(43)26-14-22(51-33(47)40-16-20-10-9-11-25(36)24(20)18-40)17-41(26)30(44)28(19(3)50-27(42)8-2)37-32(46)52-34(4,5)6/h7-11,19,21-23,26,28H,1-2,12-18H2,3-6H3,(H,37,46)(H,38,43)(H,39,45)/t19-,21-,22?,26+,28+,35-/m1/s1. The van der Waals surface area contributed by atoms with Gasteiger partial charge in [-0.05, 0) is 58.6 Å². The number of hydrogen-bond acceptors (Lipinski definition) is 11. The number of ether oxygens (including phenoxy) is 3. The van der Waals surface area contributed by atoms with E-state index in [4.69, 9.17) is 14.2 Å². The van der Waals surface area contributed by atoms with Gasteiger partial charge in [0.25, 0.3) is 5.91 Å². The van der Waals surface area contributed by atoms with E-state index in [9.17, 15) is 41.6 Å². The maximum absolute atomic E-state index is 14.4. The van der Waals surface area contributed by atoms with Gasteiger partial charge in [0, 0.05) is 30.5 Å². The van der Waals surface area contributed by atoms with Crippen molar-refractivity contribution in [2.75, 3.05) is 6.54 Å². The average molecular weight is 762 g/mol. The molecule has 4 aliphatic rings. The van der Waals surface area contributed by atoms with Crippen LogP contribution < -0.4 is 15.4 Å². The number of nitrogens with zero attached hydrogens (tertiary/aromatic N) is 2. The largest absolute Gasteiger partial charge is 0.457 e. The molecule has 3 fully saturated rings. The molecule has 1 aromatic carbocycles. The van der Waals surface area contributed by atoms with Crippen molar-refractivity contribution in [3.8, 4) is 0 Å². The van der Waals surface area contributed by atoms with Crippen molar-refractivity contribution < 1.29 is 55.8 Å². The molecule has 1 unspecified atom stereocenters. The number of nitrogens with one attached hydrogen (secondary N) is 3. The minimum Gasteiger partial charge on any atom is -0.457 e. The number of esters is 1. The number of hydrogen-bond donors (Lipinski definition) is 3. The van der Waals surface area contributed by atoms with E-state index in [1.807, 2.05) is 0 Å². The highest BCUT2D eigenvalue weighted by Crippen LogP contribution is 2.45. The zero-order valence-corrected chi connectivity index (χ0v) is 30.7. The number of carbonyl (C=O) groups is 6. The zero-order chi connectivity index (χ0) is 39.0. The van der Waals surface area contributed by atoms with Gasteiger partial charge in [-0.2, -0.15) is 0 Å². The van der Waals surface area contributed by atoms with Gasteiger partial charge in [0.05, 0.1) is 18.3 Å². The van der Waals surface area contributed by atoms with E-state index >= 15 is 0 Å². The molecule has 5 amide bonds. The van der Waals surface area contributed by atoms with Gasteiger partial charge in [0.2, 0.25) is 21.8 Å². The molecule has 2 aliphatic heterocycles. The van der Waals surface area contributed by atoms with Gasteiger partial charge in [0.1, 0.15) is 41.2 Å². The van der Waals surface area contributed by atoms with Gasteiger partial charge in [-0.3, -0.25) is 24.0 Å². The van der Waals surface area contributed by atoms with Gasteiger partial charge >= 0.3 is 18.2 Å². The van der Waals surface area contributed by atoms with Crippen LogP contribution in [-0.2, 0) is 56.5 Å². The quantitative estimate of drug-likeness (QED) is 0.121. The van der Waals surface area contributed by atoms with Crippen LogP contribution in [-0.4, -0.2) is 101 Å². The molecule has 5 rings (SSSR count). The Morgan fingerprint density at radius 1 is 1.09 bits per heavy atom. The smallest absolute Gasteiger partial charge is 0.410 e. The predicted octanol–water partition coefficient (Wildman–Crippen LogP) is 1.93. The molecule has 53 heavy (non-hydrogen) atoms. The first-order valence-electron chi connectivity index (χ1n) is 17.1. The number of amides is 5. The van der Waals surface area contributed by atoms with Crippen molar-refractivity contribution in [2.24, 2.45) is 5.92 Å². The van der Waals surface area contributed by atoms with Gasteiger partial charge in [-0.25, -0.2) is 27.2 Å². The van der Waals surface area contributed by atoms with Crippen molar-refractivity contribution in [1.29, 1.82) is 0 Å². The Hall–Kier alpha value is -5.00. The number of carbonyl (C=O) groups excluding carboxylic acids is 6. The Kier molecular flexibility index (Phi) is 10.9. The number of sulfonamides is 1. The molecule has 0 aromatic heterocycles. The minimum atomic E-state index is -3.99. The zero-order valence-electron chi connectivity index (χ0n) is 29.9. The Morgan fingerprint density at radius 3 is 2.38 bits per heavy atom. The third-order valence-corrected chi connectivity index (χ3v) is 11.2. The summed E-state index contributed by atoms with van der Waals surface area (Å²) >= 11 is 0. The monoisotopic (exact) mass is 761 g/mol. The lowest BCUT2D eigenvalue weighted by Gasteiger charge is -2.32. The second-order valence-corrected chi connectivity index (χ2v) is 16.6. The van der Waals surface area contributed by atoms with Crippen molar-refractivity contribution in [3.05, 3.63) is 60.5 Å². The molecule has 1 saturated heterocycles. The Bertz CT molecular complexity index is 1830. The van der Waals surface area contributed by atoms with Crippen LogP contribution in [0.1, 0.15) is 64.5 Å². The van der Waals surface area contributed by atoms with E-state index in [1.54, 1.807) is 26.8 Å². The maximum Gasteiger partial charge on any atom is 0.410 e. The molecule has 6 atom stereocenters. The Morgan fingerprint density at radius 2 is 1.79 bits per heavy atom. The fourth-order valence-electron chi connectivity index (χ4n) is 6.41. The summed E-state index contributed by atoms with van der Waals surface area (Å²) in [5.74, 6) is -4.81. The molecule has 18 heteroatoms. The molecule has 0 bridgehead atoms. The van der Waals surface area contributed by atoms with Crippen molar-refractivity contribution in [1.82, 2.24) is 25.2 Å².